The molecule has 0 saturated heterocycles. The van der Waals surface area contributed by atoms with Crippen molar-refractivity contribution in [1.82, 2.24) is 0 Å². The summed E-state index contributed by atoms with van der Waals surface area (Å²) in [6.45, 7) is 6.94. The first-order valence-corrected chi connectivity index (χ1v) is 2.96. The number of hydrogen-bond donors (Lipinski definition) is 2. The van der Waals surface area contributed by atoms with Crippen molar-refractivity contribution in [3.63, 3.8) is 0 Å². The van der Waals surface area contributed by atoms with Crippen molar-refractivity contribution in [2.45, 2.75) is 20.0 Å². The Balaban J connectivity index is 3.95. The van der Waals surface area contributed by atoms with E-state index in [1.165, 1.54) is 6.08 Å². The van der Waals surface area contributed by atoms with Gasteiger partial charge in [-0.2, -0.15) is 0 Å². The zero-order chi connectivity index (χ0) is 7.49. The van der Waals surface area contributed by atoms with Gasteiger partial charge in [-0.15, -0.1) is 6.58 Å². The molecule has 0 unspecified atom stereocenters. The summed E-state index contributed by atoms with van der Waals surface area (Å²) < 4.78 is 0. The molecular weight excluding hydrogens is 116 g/mol. The fraction of sp³-hybridized carbons (Fsp3) is 0.714. The van der Waals surface area contributed by atoms with Gasteiger partial charge in [0.1, 0.15) is 0 Å². The fourth-order valence-corrected chi connectivity index (χ4v) is 0.413. The van der Waals surface area contributed by atoms with Crippen LogP contribution in [-0.4, -0.2) is 22.9 Å². The summed E-state index contributed by atoms with van der Waals surface area (Å²) in [5, 5.41) is 17.8. The maximum Gasteiger partial charge on any atom is 0.0791 e. The van der Waals surface area contributed by atoms with E-state index in [0.717, 1.165) is 0 Å². The monoisotopic (exact) mass is 130 g/mol. The third kappa shape index (κ3) is 2.16. The topological polar surface area (TPSA) is 40.5 Å². The Bertz CT molecular complexity index is 97.1. The van der Waals surface area contributed by atoms with Gasteiger partial charge in [0.2, 0.25) is 0 Å². The molecule has 9 heavy (non-hydrogen) atoms. The zero-order valence-corrected chi connectivity index (χ0v) is 5.96. The zero-order valence-electron chi connectivity index (χ0n) is 5.96. The van der Waals surface area contributed by atoms with Crippen molar-refractivity contribution < 1.29 is 10.2 Å². The molecule has 2 nitrogen and oxygen atoms in total. The minimum Gasteiger partial charge on any atom is -0.396 e. The van der Waals surface area contributed by atoms with Crippen LogP contribution in [0.25, 0.3) is 0 Å². The molecule has 1 atom stereocenters. The normalized spacial score (nSPS) is 15.1. The van der Waals surface area contributed by atoms with Crippen LogP contribution >= 0.6 is 0 Å². The van der Waals surface area contributed by atoms with E-state index in [1.54, 1.807) is 13.8 Å². The van der Waals surface area contributed by atoms with Crippen LogP contribution in [0.4, 0.5) is 0 Å². The predicted octanol–water partition coefficient (Wildman–Crippen LogP) is 0.552. The molecule has 0 heterocycles. The van der Waals surface area contributed by atoms with E-state index < -0.39 is 11.5 Å². The molecule has 0 bridgehead atoms. The molecule has 0 spiro atoms. The molecule has 0 aliphatic carbocycles. The second-order valence-corrected chi connectivity index (χ2v) is 2.83. The molecule has 0 aliphatic rings. The highest BCUT2D eigenvalue weighted by molar-refractivity contribution is 4.89. The van der Waals surface area contributed by atoms with Gasteiger partial charge < -0.3 is 10.2 Å². The van der Waals surface area contributed by atoms with Crippen molar-refractivity contribution in [1.29, 1.82) is 0 Å². The Hall–Kier alpha value is -0.340. The van der Waals surface area contributed by atoms with Crippen LogP contribution in [0.15, 0.2) is 12.7 Å². The van der Waals surface area contributed by atoms with Gasteiger partial charge in [0.15, 0.2) is 0 Å². The smallest absolute Gasteiger partial charge is 0.0791 e. The summed E-state index contributed by atoms with van der Waals surface area (Å²) in [6, 6.07) is 0. The first kappa shape index (κ1) is 8.66. The molecule has 0 aromatic heterocycles. The number of hydrogen-bond acceptors (Lipinski definition) is 2. The minimum atomic E-state index is -0.623. The number of rotatable bonds is 3. The third-order valence-corrected chi connectivity index (χ3v) is 1.43. The lowest BCUT2D eigenvalue weighted by Crippen LogP contribution is -2.30. The highest BCUT2D eigenvalue weighted by atomic mass is 16.3. The average molecular weight is 130 g/mol. The molecule has 0 radical (unpaired) electrons. The van der Waals surface area contributed by atoms with Gasteiger partial charge in [0.25, 0.3) is 0 Å². The molecule has 2 N–H and O–H groups in total. The molecule has 0 aliphatic heterocycles. The largest absolute Gasteiger partial charge is 0.396 e. The van der Waals surface area contributed by atoms with Gasteiger partial charge in [-0.05, 0) is 0 Å². The SMILES string of the molecule is C=C[C@H](O)C(C)(C)CO. The van der Waals surface area contributed by atoms with Gasteiger partial charge >= 0.3 is 0 Å². The van der Waals surface area contributed by atoms with E-state index in [9.17, 15) is 0 Å². The molecule has 0 rings (SSSR count). The molecule has 0 aromatic rings. The number of aliphatic hydroxyl groups is 2. The standard InChI is InChI=1S/C7H14O2/c1-4-6(9)7(2,3)5-8/h4,6,8-9H,1,5H2,2-3H3/t6-/m0/s1. The van der Waals surface area contributed by atoms with Crippen molar-refractivity contribution in [3.05, 3.63) is 12.7 Å². The van der Waals surface area contributed by atoms with Gasteiger partial charge in [-0.1, -0.05) is 19.9 Å². The maximum atomic E-state index is 9.11. The quantitative estimate of drug-likeness (QED) is 0.548. The lowest BCUT2D eigenvalue weighted by molar-refractivity contribution is 0.0385. The molecule has 54 valence electrons. The van der Waals surface area contributed by atoms with Crippen LogP contribution in [0, 0.1) is 5.41 Å². The van der Waals surface area contributed by atoms with E-state index in [1.807, 2.05) is 0 Å². The highest BCUT2D eigenvalue weighted by Crippen LogP contribution is 2.19. The summed E-state index contributed by atoms with van der Waals surface area (Å²) in [5.74, 6) is 0. The van der Waals surface area contributed by atoms with Gasteiger partial charge in [-0.3, -0.25) is 0 Å². The highest BCUT2D eigenvalue weighted by Gasteiger charge is 2.23. The number of aliphatic hydroxyl groups excluding tert-OH is 2. The van der Waals surface area contributed by atoms with Crippen LogP contribution in [0.3, 0.4) is 0 Å². The fourth-order valence-electron chi connectivity index (χ4n) is 0.413. The Morgan fingerprint density at radius 1 is 1.67 bits per heavy atom. The first-order chi connectivity index (χ1) is 4.04. The third-order valence-electron chi connectivity index (χ3n) is 1.43. The van der Waals surface area contributed by atoms with Crippen molar-refractivity contribution in [3.8, 4) is 0 Å². The second kappa shape index (κ2) is 2.99. The molecule has 2 heteroatoms. The van der Waals surface area contributed by atoms with Gasteiger partial charge in [-0.25, -0.2) is 0 Å². The van der Waals surface area contributed by atoms with E-state index in [0.29, 0.717) is 0 Å². The molecule has 0 fully saturated rings. The van der Waals surface area contributed by atoms with E-state index >= 15 is 0 Å². The summed E-state index contributed by atoms with van der Waals surface area (Å²) in [4.78, 5) is 0. The van der Waals surface area contributed by atoms with Crippen LogP contribution in [0.2, 0.25) is 0 Å². The molecule has 0 saturated carbocycles. The summed E-state index contributed by atoms with van der Waals surface area (Å²) in [6.07, 6.45) is 0.804. The molecular formula is C7H14O2. The van der Waals surface area contributed by atoms with Crippen LogP contribution in [0.5, 0.6) is 0 Å². The minimum absolute atomic E-state index is 0.0276. The molecule has 0 amide bonds. The molecule has 0 aromatic carbocycles. The second-order valence-electron chi connectivity index (χ2n) is 2.83. The van der Waals surface area contributed by atoms with Gasteiger partial charge in [0.05, 0.1) is 12.7 Å². The van der Waals surface area contributed by atoms with Crippen LogP contribution in [0.1, 0.15) is 13.8 Å². The van der Waals surface area contributed by atoms with Crippen molar-refractivity contribution >= 4 is 0 Å². The summed E-state index contributed by atoms with van der Waals surface area (Å²) >= 11 is 0. The van der Waals surface area contributed by atoms with E-state index in [4.69, 9.17) is 10.2 Å². The average Bonchev–Trinajstić information content (AvgIpc) is 1.86. The van der Waals surface area contributed by atoms with E-state index in [-0.39, 0.29) is 6.61 Å². The van der Waals surface area contributed by atoms with Crippen molar-refractivity contribution in [2.24, 2.45) is 5.41 Å². The lowest BCUT2D eigenvalue weighted by Gasteiger charge is -2.25. The van der Waals surface area contributed by atoms with Gasteiger partial charge in [0, 0.05) is 5.41 Å². The Morgan fingerprint density at radius 2 is 2.11 bits per heavy atom. The van der Waals surface area contributed by atoms with Crippen LogP contribution in [-0.2, 0) is 0 Å². The van der Waals surface area contributed by atoms with E-state index in [2.05, 4.69) is 6.58 Å². The summed E-state index contributed by atoms with van der Waals surface area (Å²) in [7, 11) is 0. The van der Waals surface area contributed by atoms with Crippen LogP contribution < -0.4 is 0 Å². The first-order valence-electron chi connectivity index (χ1n) is 2.96. The summed E-state index contributed by atoms with van der Waals surface area (Å²) in [5.41, 5.74) is -0.457. The van der Waals surface area contributed by atoms with Crippen molar-refractivity contribution in [2.75, 3.05) is 6.61 Å². The lowest BCUT2D eigenvalue weighted by atomic mass is 9.88. The Labute approximate surface area is 55.8 Å². The predicted molar refractivity (Wildman–Crippen MR) is 37.1 cm³/mol. The Kier molecular flexibility index (Phi) is 2.88. The Morgan fingerprint density at radius 3 is 2.22 bits per heavy atom. The maximum absolute atomic E-state index is 9.11.